The molecular weight excluding hydrogens is 174 g/mol. The molecule has 0 bridgehead atoms. The zero-order chi connectivity index (χ0) is 9.54. The third-order valence-corrected chi connectivity index (χ3v) is 3.07. The van der Waals surface area contributed by atoms with Gasteiger partial charge in [0.1, 0.15) is 5.58 Å². The first kappa shape index (κ1) is 8.06. The first-order valence-corrected chi connectivity index (χ1v) is 5.10. The molecule has 1 aliphatic carbocycles. The summed E-state index contributed by atoms with van der Waals surface area (Å²) in [6.45, 7) is 0. The molecule has 0 saturated heterocycles. The fourth-order valence-corrected chi connectivity index (χ4v) is 2.30. The van der Waals surface area contributed by atoms with Crippen molar-refractivity contribution in [1.29, 1.82) is 0 Å². The molecule has 1 atom stereocenters. The summed E-state index contributed by atoms with van der Waals surface area (Å²) in [5.41, 5.74) is 9.74. The van der Waals surface area contributed by atoms with Crippen LogP contribution in [0.4, 0.5) is 0 Å². The van der Waals surface area contributed by atoms with E-state index in [1.165, 1.54) is 22.9 Å². The molecule has 3 rings (SSSR count). The highest BCUT2D eigenvalue weighted by atomic mass is 16.3. The van der Waals surface area contributed by atoms with Gasteiger partial charge in [-0.3, -0.25) is 0 Å². The number of fused-ring (bicyclic) bond motifs is 2. The van der Waals surface area contributed by atoms with Crippen LogP contribution in [-0.4, -0.2) is 0 Å². The minimum atomic E-state index is 0.220. The van der Waals surface area contributed by atoms with Crippen molar-refractivity contribution < 1.29 is 4.42 Å². The molecule has 2 aromatic rings. The lowest BCUT2D eigenvalue weighted by Crippen LogP contribution is -2.17. The van der Waals surface area contributed by atoms with Gasteiger partial charge in [0.2, 0.25) is 0 Å². The van der Waals surface area contributed by atoms with E-state index in [4.69, 9.17) is 10.2 Å². The van der Waals surface area contributed by atoms with E-state index >= 15 is 0 Å². The van der Waals surface area contributed by atoms with E-state index in [1.54, 1.807) is 6.26 Å². The van der Waals surface area contributed by atoms with Crippen molar-refractivity contribution in [3.63, 3.8) is 0 Å². The van der Waals surface area contributed by atoms with Crippen LogP contribution in [0, 0.1) is 0 Å². The van der Waals surface area contributed by atoms with Crippen LogP contribution in [0.1, 0.15) is 30.0 Å². The van der Waals surface area contributed by atoms with Crippen LogP contribution >= 0.6 is 0 Å². The number of hydrogen-bond donors (Lipinski definition) is 1. The minimum Gasteiger partial charge on any atom is -0.464 e. The molecule has 0 spiro atoms. The lowest BCUT2D eigenvalue weighted by atomic mass is 9.87. The Hall–Kier alpha value is -1.28. The third kappa shape index (κ3) is 1.07. The summed E-state index contributed by atoms with van der Waals surface area (Å²) in [6.07, 6.45) is 5.18. The van der Waals surface area contributed by atoms with Gasteiger partial charge in [-0.25, -0.2) is 0 Å². The van der Waals surface area contributed by atoms with Gasteiger partial charge in [-0.15, -0.1) is 0 Å². The van der Waals surface area contributed by atoms with Crippen molar-refractivity contribution in [2.24, 2.45) is 5.73 Å². The van der Waals surface area contributed by atoms with E-state index in [9.17, 15) is 0 Å². The second kappa shape index (κ2) is 2.85. The normalized spacial score (nSPS) is 21.1. The second-order valence-electron chi connectivity index (χ2n) is 4.01. The second-order valence-corrected chi connectivity index (χ2v) is 4.01. The fourth-order valence-electron chi connectivity index (χ4n) is 2.30. The van der Waals surface area contributed by atoms with Crippen molar-refractivity contribution in [3.05, 3.63) is 35.6 Å². The van der Waals surface area contributed by atoms with Gasteiger partial charge < -0.3 is 10.2 Å². The summed E-state index contributed by atoms with van der Waals surface area (Å²) in [7, 11) is 0. The van der Waals surface area contributed by atoms with Crippen molar-refractivity contribution in [3.8, 4) is 0 Å². The van der Waals surface area contributed by atoms with Crippen LogP contribution in [0.3, 0.4) is 0 Å². The minimum absolute atomic E-state index is 0.220. The molecule has 14 heavy (non-hydrogen) atoms. The predicted molar refractivity (Wildman–Crippen MR) is 56.1 cm³/mol. The Bertz CT molecular complexity index is 472. The maximum Gasteiger partial charge on any atom is 0.134 e. The van der Waals surface area contributed by atoms with Crippen molar-refractivity contribution in [1.82, 2.24) is 0 Å². The van der Waals surface area contributed by atoms with Gasteiger partial charge in [-0.05, 0) is 48.6 Å². The van der Waals surface area contributed by atoms with E-state index < -0.39 is 0 Å². The summed E-state index contributed by atoms with van der Waals surface area (Å²) in [5, 5.41) is 1.17. The van der Waals surface area contributed by atoms with Crippen LogP contribution in [0.15, 0.2) is 28.9 Å². The standard InChI is InChI=1S/C12H13NO/c13-11-3-1-2-8-7-12-9(4-5-14-12)6-10(8)11/h4-7,11H,1-3,13H2/t11-/m1/s1. The Morgan fingerprint density at radius 3 is 3.21 bits per heavy atom. The lowest BCUT2D eigenvalue weighted by Gasteiger charge is -2.21. The Kier molecular flexibility index (Phi) is 1.64. The van der Waals surface area contributed by atoms with E-state index in [-0.39, 0.29) is 6.04 Å². The molecule has 0 unspecified atom stereocenters. The van der Waals surface area contributed by atoms with Crippen LogP contribution in [0.25, 0.3) is 11.0 Å². The molecule has 1 aromatic carbocycles. The van der Waals surface area contributed by atoms with Crippen molar-refractivity contribution >= 4 is 11.0 Å². The van der Waals surface area contributed by atoms with E-state index in [0.29, 0.717) is 0 Å². The molecule has 1 aromatic heterocycles. The van der Waals surface area contributed by atoms with E-state index in [2.05, 4.69) is 12.1 Å². The number of hydrogen-bond acceptors (Lipinski definition) is 2. The predicted octanol–water partition coefficient (Wildman–Crippen LogP) is 2.77. The van der Waals surface area contributed by atoms with Gasteiger partial charge in [0, 0.05) is 11.4 Å². The summed E-state index contributed by atoms with van der Waals surface area (Å²) >= 11 is 0. The van der Waals surface area contributed by atoms with Gasteiger partial charge in [0.05, 0.1) is 6.26 Å². The highest BCUT2D eigenvalue weighted by Crippen LogP contribution is 2.31. The van der Waals surface area contributed by atoms with Crippen LogP contribution in [0.2, 0.25) is 0 Å². The third-order valence-electron chi connectivity index (χ3n) is 3.07. The number of aryl methyl sites for hydroxylation is 1. The Labute approximate surface area is 82.7 Å². The average molecular weight is 187 g/mol. The molecule has 1 heterocycles. The zero-order valence-electron chi connectivity index (χ0n) is 7.99. The van der Waals surface area contributed by atoms with Crippen LogP contribution in [-0.2, 0) is 6.42 Å². The number of nitrogens with two attached hydrogens (primary N) is 1. The van der Waals surface area contributed by atoms with E-state index in [0.717, 1.165) is 18.4 Å². The molecule has 2 N–H and O–H groups in total. The quantitative estimate of drug-likeness (QED) is 0.688. The van der Waals surface area contributed by atoms with Crippen molar-refractivity contribution in [2.45, 2.75) is 25.3 Å². The highest BCUT2D eigenvalue weighted by Gasteiger charge is 2.17. The van der Waals surface area contributed by atoms with Crippen molar-refractivity contribution in [2.75, 3.05) is 0 Å². The van der Waals surface area contributed by atoms with E-state index in [1.807, 2.05) is 6.07 Å². The van der Waals surface area contributed by atoms with Gasteiger partial charge >= 0.3 is 0 Å². The zero-order valence-corrected chi connectivity index (χ0v) is 7.99. The maximum atomic E-state index is 6.08. The summed E-state index contributed by atoms with van der Waals surface area (Å²) in [6, 6.07) is 6.54. The average Bonchev–Trinajstić information content (AvgIpc) is 2.62. The first-order valence-electron chi connectivity index (χ1n) is 5.10. The lowest BCUT2D eigenvalue weighted by molar-refractivity contribution is 0.568. The van der Waals surface area contributed by atoms with Gasteiger partial charge in [0.25, 0.3) is 0 Å². The molecule has 0 aliphatic heterocycles. The summed E-state index contributed by atoms with van der Waals surface area (Å²) in [4.78, 5) is 0. The molecule has 2 heteroatoms. The number of furan rings is 1. The molecule has 72 valence electrons. The monoisotopic (exact) mass is 187 g/mol. The Balaban J connectivity index is 2.27. The molecule has 1 aliphatic rings. The molecule has 0 amide bonds. The number of benzene rings is 1. The first-order chi connectivity index (χ1) is 6.84. The maximum absolute atomic E-state index is 6.08. The molecular formula is C12H13NO. The molecule has 0 radical (unpaired) electrons. The summed E-state index contributed by atoms with van der Waals surface area (Å²) < 4.78 is 5.38. The highest BCUT2D eigenvalue weighted by molar-refractivity contribution is 5.79. The summed E-state index contributed by atoms with van der Waals surface area (Å²) in [5.74, 6) is 0. The van der Waals surface area contributed by atoms with Crippen LogP contribution in [0.5, 0.6) is 0 Å². The van der Waals surface area contributed by atoms with Crippen LogP contribution < -0.4 is 5.73 Å². The SMILES string of the molecule is N[C@@H]1CCCc2cc3occc3cc21. The largest absolute Gasteiger partial charge is 0.464 e. The van der Waals surface area contributed by atoms with Gasteiger partial charge in [-0.1, -0.05) is 0 Å². The van der Waals surface area contributed by atoms with Gasteiger partial charge in [0.15, 0.2) is 0 Å². The number of rotatable bonds is 0. The molecule has 2 nitrogen and oxygen atoms in total. The fraction of sp³-hybridized carbons (Fsp3) is 0.333. The smallest absolute Gasteiger partial charge is 0.134 e. The van der Waals surface area contributed by atoms with Gasteiger partial charge in [-0.2, -0.15) is 0 Å². The Morgan fingerprint density at radius 1 is 1.36 bits per heavy atom. The molecule has 0 saturated carbocycles. The Morgan fingerprint density at radius 2 is 2.29 bits per heavy atom. The topological polar surface area (TPSA) is 39.2 Å². The molecule has 0 fully saturated rings.